The summed E-state index contributed by atoms with van der Waals surface area (Å²) in [6, 6.07) is 7.70. The summed E-state index contributed by atoms with van der Waals surface area (Å²) in [4.78, 5) is 21.8. The maximum atomic E-state index is 11.6. The highest BCUT2D eigenvalue weighted by Crippen LogP contribution is 2.19. The number of rotatable bonds is 6. The first-order valence-electron chi connectivity index (χ1n) is 5.65. The lowest BCUT2D eigenvalue weighted by Crippen LogP contribution is -2.41. The quantitative estimate of drug-likeness (QED) is 0.461. The van der Waals surface area contributed by atoms with E-state index in [-0.39, 0.29) is 6.61 Å². The molecule has 2 N–H and O–H groups in total. The molecular weight excluding hydrogens is 236 g/mol. The second-order valence-corrected chi connectivity index (χ2v) is 3.81. The van der Waals surface area contributed by atoms with E-state index in [1.807, 2.05) is 0 Å². The van der Waals surface area contributed by atoms with Gasteiger partial charge in [-0.25, -0.2) is 0 Å². The Bertz CT molecular complexity index is 408. The van der Waals surface area contributed by atoms with Crippen molar-refractivity contribution in [2.24, 2.45) is 5.73 Å². The van der Waals surface area contributed by atoms with Gasteiger partial charge in [0.15, 0.2) is 0 Å². The van der Waals surface area contributed by atoms with Crippen LogP contribution in [0, 0.1) is 10.1 Å². The van der Waals surface area contributed by atoms with E-state index in [0.717, 1.165) is 0 Å². The Labute approximate surface area is 105 Å². The van der Waals surface area contributed by atoms with Crippen LogP contribution < -0.4 is 5.73 Å². The molecule has 0 fully saturated rings. The van der Waals surface area contributed by atoms with Crippen molar-refractivity contribution in [3.8, 4) is 0 Å². The van der Waals surface area contributed by atoms with Crippen molar-refractivity contribution in [1.29, 1.82) is 0 Å². The van der Waals surface area contributed by atoms with Gasteiger partial charge in [0, 0.05) is 4.92 Å². The molecule has 0 unspecified atom stereocenters. The topological polar surface area (TPSA) is 95.5 Å². The Hall–Kier alpha value is -1.95. The molecule has 0 heterocycles. The lowest BCUT2D eigenvalue weighted by molar-refractivity contribution is -0.483. The minimum atomic E-state index is -1.03. The Morgan fingerprint density at radius 2 is 2.06 bits per heavy atom. The molecule has 0 aromatic heterocycles. The van der Waals surface area contributed by atoms with Gasteiger partial charge < -0.3 is 10.5 Å². The minimum absolute atomic E-state index is 0.201. The van der Waals surface area contributed by atoms with Gasteiger partial charge in [-0.1, -0.05) is 30.3 Å². The van der Waals surface area contributed by atoms with Crippen molar-refractivity contribution in [1.82, 2.24) is 0 Å². The smallest absolute Gasteiger partial charge is 0.323 e. The van der Waals surface area contributed by atoms with E-state index in [2.05, 4.69) is 0 Å². The van der Waals surface area contributed by atoms with Gasteiger partial charge >= 0.3 is 5.97 Å². The number of carbonyl (C=O) groups excluding carboxylic acids is 1. The van der Waals surface area contributed by atoms with Crippen molar-refractivity contribution in [2.75, 3.05) is 13.2 Å². The molecule has 1 rings (SSSR count). The molecule has 0 aliphatic carbocycles. The molecule has 0 aliphatic rings. The molecule has 18 heavy (non-hydrogen) atoms. The fraction of sp³-hybridized carbons (Fsp3) is 0.417. The molecule has 6 heteroatoms. The molecule has 0 saturated carbocycles. The molecule has 6 nitrogen and oxygen atoms in total. The van der Waals surface area contributed by atoms with Gasteiger partial charge in [-0.05, 0) is 12.5 Å². The first-order valence-corrected chi connectivity index (χ1v) is 5.65. The first-order chi connectivity index (χ1) is 8.56. The molecule has 0 amide bonds. The number of nitrogens with two attached hydrogens (primary N) is 1. The normalized spacial score (nSPS) is 13.7. The van der Waals surface area contributed by atoms with Crippen LogP contribution in [0.25, 0.3) is 0 Å². The number of nitro groups is 1. The van der Waals surface area contributed by atoms with Crippen LogP contribution in [-0.4, -0.2) is 30.1 Å². The summed E-state index contributed by atoms with van der Waals surface area (Å²) in [6.07, 6.45) is 0. The number of benzene rings is 1. The van der Waals surface area contributed by atoms with Crippen molar-refractivity contribution < 1.29 is 14.5 Å². The average molecular weight is 252 g/mol. The number of nitrogens with zero attached hydrogens (tertiary/aromatic N) is 1. The summed E-state index contributed by atoms with van der Waals surface area (Å²) >= 11 is 0. The van der Waals surface area contributed by atoms with Crippen molar-refractivity contribution >= 4 is 5.97 Å². The number of hydrogen-bond donors (Lipinski definition) is 1. The molecule has 2 atom stereocenters. The highest BCUT2D eigenvalue weighted by Gasteiger charge is 2.31. The van der Waals surface area contributed by atoms with E-state index in [9.17, 15) is 14.9 Å². The minimum Gasteiger partial charge on any atom is -0.465 e. The molecule has 0 radical (unpaired) electrons. The van der Waals surface area contributed by atoms with Crippen LogP contribution in [-0.2, 0) is 9.53 Å². The first kappa shape index (κ1) is 14.1. The van der Waals surface area contributed by atoms with Gasteiger partial charge in [0.1, 0.15) is 6.04 Å². The third-order valence-electron chi connectivity index (χ3n) is 2.57. The van der Waals surface area contributed by atoms with E-state index < -0.39 is 29.4 Å². The summed E-state index contributed by atoms with van der Waals surface area (Å²) in [5.41, 5.74) is 6.41. The average Bonchev–Trinajstić information content (AvgIpc) is 2.36. The van der Waals surface area contributed by atoms with Crippen molar-refractivity contribution in [3.05, 3.63) is 46.0 Å². The van der Waals surface area contributed by atoms with Crippen LogP contribution in [0.3, 0.4) is 0 Å². The molecular formula is C12H16N2O4. The van der Waals surface area contributed by atoms with Crippen molar-refractivity contribution in [3.63, 3.8) is 0 Å². The summed E-state index contributed by atoms with van der Waals surface area (Å²) in [5, 5.41) is 10.7. The highest BCUT2D eigenvalue weighted by atomic mass is 16.6. The predicted octanol–water partition coefficient (Wildman–Crippen LogP) is 0.937. The number of ether oxygens (including phenoxy) is 1. The lowest BCUT2D eigenvalue weighted by Gasteiger charge is -2.19. The summed E-state index contributed by atoms with van der Waals surface area (Å²) in [6.45, 7) is 1.46. The van der Waals surface area contributed by atoms with Crippen LogP contribution in [0.15, 0.2) is 30.3 Å². The Balaban J connectivity index is 2.91. The molecule has 98 valence electrons. The largest absolute Gasteiger partial charge is 0.465 e. The summed E-state index contributed by atoms with van der Waals surface area (Å²) in [5.74, 6) is -1.30. The highest BCUT2D eigenvalue weighted by molar-refractivity contribution is 5.76. The predicted molar refractivity (Wildman–Crippen MR) is 65.7 cm³/mol. The second kappa shape index (κ2) is 6.70. The van der Waals surface area contributed by atoms with Crippen LogP contribution in [0.2, 0.25) is 0 Å². The van der Waals surface area contributed by atoms with Crippen LogP contribution in [0.1, 0.15) is 18.4 Å². The fourth-order valence-electron chi connectivity index (χ4n) is 1.69. The Morgan fingerprint density at radius 3 is 2.56 bits per heavy atom. The summed E-state index contributed by atoms with van der Waals surface area (Å²) in [7, 11) is 0. The van der Waals surface area contributed by atoms with Gasteiger partial charge in [-0.15, -0.1) is 0 Å². The van der Waals surface area contributed by atoms with Gasteiger partial charge in [-0.2, -0.15) is 0 Å². The maximum Gasteiger partial charge on any atom is 0.323 e. The van der Waals surface area contributed by atoms with E-state index in [1.165, 1.54) is 0 Å². The van der Waals surface area contributed by atoms with Gasteiger partial charge in [0.05, 0.1) is 12.5 Å². The van der Waals surface area contributed by atoms with Crippen LogP contribution in [0.4, 0.5) is 0 Å². The molecule has 0 saturated heterocycles. The van der Waals surface area contributed by atoms with Crippen molar-refractivity contribution in [2.45, 2.75) is 18.9 Å². The SMILES string of the molecule is CCOC(=O)[C@H](N)[C@@H](C[N+](=O)[O-])c1ccccc1. The zero-order valence-corrected chi connectivity index (χ0v) is 10.1. The lowest BCUT2D eigenvalue weighted by atomic mass is 9.92. The zero-order valence-electron chi connectivity index (χ0n) is 10.1. The zero-order chi connectivity index (χ0) is 13.5. The molecule has 1 aromatic carbocycles. The van der Waals surface area contributed by atoms with E-state index in [1.54, 1.807) is 37.3 Å². The number of esters is 1. The van der Waals surface area contributed by atoms with E-state index in [4.69, 9.17) is 10.5 Å². The molecule has 0 spiro atoms. The van der Waals surface area contributed by atoms with E-state index >= 15 is 0 Å². The third-order valence-corrected chi connectivity index (χ3v) is 2.57. The molecule has 0 bridgehead atoms. The van der Waals surface area contributed by atoms with Gasteiger partial charge in [0.25, 0.3) is 0 Å². The standard InChI is InChI=1S/C12H16N2O4/c1-2-18-12(15)11(13)10(8-14(16)17)9-6-4-3-5-7-9/h3-7,10-11H,2,8,13H2,1H3/t10-,11+/m0/s1. The maximum absolute atomic E-state index is 11.6. The molecule has 0 aliphatic heterocycles. The molecule has 1 aromatic rings. The Morgan fingerprint density at radius 1 is 1.44 bits per heavy atom. The third kappa shape index (κ3) is 3.81. The van der Waals surface area contributed by atoms with Crippen LogP contribution in [0.5, 0.6) is 0 Å². The van der Waals surface area contributed by atoms with E-state index in [0.29, 0.717) is 5.56 Å². The Kier molecular flexibility index (Phi) is 5.26. The van der Waals surface area contributed by atoms with Gasteiger partial charge in [0.2, 0.25) is 6.54 Å². The second-order valence-electron chi connectivity index (χ2n) is 3.81. The monoisotopic (exact) mass is 252 g/mol. The number of hydrogen-bond acceptors (Lipinski definition) is 5. The summed E-state index contributed by atoms with van der Waals surface area (Å²) < 4.78 is 4.80. The van der Waals surface area contributed by atoms with Crippen LogP contribution >= 0.6 is 0 Å². The van der Waals surface area contributed by atoms with Gasteiger partial charge in [-0.3, -0.25) is 14.9 Å². The fourth-order valence-corrected chi connectivity index (χ4v) is 1.69. The number of carbonyl (C=O) groups is 1.